The predicted molar refractivity (Wildman–Crippen MR) is 87.2 cm³/mol. The molecule has 7 heteroatoms. The molecule has 0 aliphatic heterocycles. The number of benzene rings is 1. The SMILES string of the molecule is COc1cc(COC(=O)c2ccc(Br)s2)cc(OC)c1OC. The Hall–Kier alpha value is -1.73. The van der Waals surface area contributed by atoms with Gasteiger partial charge >= 0.3 is 5.97 Å². The molecule has 1 aromatic heterocycles. The normalized spacial score (nSPS) is 10.2. The molecule has 2 aromatic rings. The summed E-state index contributed by atoms with van der Waals surface area (Å²) in [6.45, 7) is 0.116. The molecule has 0 aliphatic carbocycles. The van der Waals surface area contributed by atoms with Gasteiger partial charge in [0.2, 0.25) is 5.75 Å². The fraction of sp³-hybridized carbons (Fsp3) is 0.267. The summed E-state index contributed by atoms with van der Waals surface area (Å²) in [6, 6.07) is 7.02. The number of ether oxygens (including phenoxy) is 4. The van der Waals surface area contributed by atoms with Crippen LogP contribution in [0.15, 0.2) is 28.1 Å². The summed E-state index contributed by atoms with van der Waals surface area (Å²) >= 11 is 4.64. The first-order valence-corrected chi connectivity index (χ1v) is 7.91. The lowest BCUT2D eigenvalue weighted by molar-refractivity contribution is 0.0478. The van der Waals surface area contributed by atoms with E-state index < -0.39 is 0 Å². The van der Waals surface area contributed by atoms with Crippen LogP contribution < -0.4 is 14.2 Å². The molecule has 0 radical (unpaired) electrons. The third-order valence-electron chi connectivity index (χ3n) is 2.87. The molecule has 1 aromatic carbocycles. The minimum Gasteiger partial charge on any atom is -0.493 e. The Morgan fingerprint density at radius 3 is 2.18 bits per heavy atom. The zero-order valence-electron chi connectivity index (χ0n) is 12.3. The van der Waals surface area contributed by atoms with Crippen LogP contribution in [0.3, 0.4) is 0 Å². The van der Waals surface area contributed by atoms with Gasteiger partial charge in [-0.2, -0.15) is 0 Å². The van der Waals surface area contributed by atoms with Gasteiger partial charge in [-0.25, -0.2) is 4.79 Å². The predicted octanol–water partition coefficient (Wildman–Crippen LogP) is 3.89. The number of carbonyl (C=O) groups is 1. The standard InChI is InChI=1S/C15H15BrO5S/c1-18-10-6-9(7-11(19-2)14(10)20-3)8-21-15(17)12-4-5-13(16)22-12/h4-7H,8H2,1-3H3. The monoisotopic (exact) mass is 386 g/mol. The van der Waals surface area contributed by atoms with E-state index in [9.17, 15) is 4.79 Å². The summed E-state index contributed by atoms with van der Waals surface area (Å²) in [5.41, 5.74) is 0.749. The molecule has 0 unspecified atom stereocenters. The molecule has 0 aliphatic rings. The van der Waals surface area contributed by atoms with E-state index in [-0.39, 0.29) is 12.6 Å². The fourth-order valence-electron chi connectivity index (χ4n) is 1.86. The van der Waals surface area contributed by atoms with E-state index in [4.69, 9.17) is 18.9 Å². The molecule has 0 saturated carbocycles. The largest absolute Gasteiger partial charge is 0.493 e. The van der Waals surface area contributed by atoms with Gasteiger partial charge in [-0.1, -0.05) is 0 Å². The van der Waals surface area contributed by atoms with Crippen LogP contribution in [0.1, 0.15) is 15.2 Å². The van der Waals surface area contributed by atoms with Gasteiger partial charge < -0.3 is 18.9 Å². The number of halogens is 1. The van der Waals surface area contributed by atoms with Crippen molar-refractivity contribution in [1.29, 1.82) is 0 Å². The molecule has 0 saturated heterocycles. The Labute approximate surface area is 140 Å². The summed E-state index contributed by atoms with van der Waals surface area (Å²) < 4.78 is 22.0. The number of methoxy groups -OCH3 is 3. The van der Waals surface area contributed by atoms with Crippen molar-refractivity contribution >= 4 is 33.2 Å². The highest BCUT2D eigenvalue weighted by Crippen LogP contribution is 2.38. The van der Waals surface area contributed by atoms with Crippen molar-refractivity contribution in [3.05, 3.63) is 38.5 Å². The van der Waals surface area contributed by atoms with Crippen LogP contribution in [0.5, 0.6) is 17.2 Å². The lowest BCUT2D eigenvalue weighted by Gasteiger charge is -2.14. The molecule has 1 heterocycles. The highest BCUT2D eigenvalue weighted by molar-refractivity contribution is 9.11. The van der Waals surface area contributed by atoms with Crippen molar-refractivity contribution < 1.29 is 23.7 Å². The van der Waals surface area contributed by atoms with Gasteiger partial charge in [-0.3, -0.25) is 0 Å². The van der Waals surface area contributed by atoms with E-state index in [0.29, 0.717) is 22.1 Å². The van der Waals surface area contributed by atoms with Crippen LogP contribution in [0.4, 0.5) is 0 Å². The number of rotatable bonds is 6. The Balaban J connectivity index is 2.14. The zero-order chi connectivity index (χ0) is 16.1. The lowest BCUT2D eigenvalue weighted by Crippen LogP contribution is -2.04. The first kappa shape index (κ1) is 16.6. The topological polar surface area (TPSA) is 54.0 Å². The van der Waals surface area contributed by atoms with Crippen molar-refractivity contribution in [3.8, 4) is 17.2 Å². The second kappa shape index (κ2) is 7.51. The number of carbonyl (C=O) groups excluding carboxylic acids is 1. The van der Waals surface area contributed by atoms with E-state index in [1.807, 2.05) is 0 Å². The Bertz CT molecular complexity index is 643. The highest BCUT2D eigenvalue weighted by Gasteiger charge is 2.15. The van der Waals surface area contributed by atoms with E-state index in [1.54, 1.807) is 24.3 Å². The van der Waals surface area contributed by atoms with Gasteiger partial charge in [-0.05, 0) is 45.8 Å². The van der Waals surface area contributed by atoms with Crippen LogP contribution >= 0.6 is 27.3 Å². The summed E-state index contributed by atoms with van der Waals surface area (Å²) in [4.78, 5) is 12.5. The van der Waals surface area contributed by atoms with Crippen LogP contribution in [0, 0.1) is 0 Å². The average Bonchev–Trinajstić information content (AvgIpc) is 2.97. The number of esters is 1. The quantitative estimate of drug-likeness (QED) is 0.704. The second-order valence-electron chi connectivity index (χ2n) is 4.21. The third kappa shape index (κ3) is 3.72. The van der Waals surface area contributed by atoms with Crippen molar-refractivity contribution in [2.24, 2.45) is 0 Å². The van der Waals surface area contributed by atoms with Crippen LogP contribution in [-0.4, -0.2) is 27.3 Å². The summed E-state index contributed by atoms with van der Waals surface area (Å²) in [6.07, 6.45) is 0. The molecule has 118 valence electrons. The van der Waals surface area contributed by atoms with E-state index in [0.717, 1.165) is 9.35 Å². The number of hydrogen-bond donors (Lipinski definition) is 0. The average molecular weight is 387 g/mol. The smallest absolute Gasteiger partial charge is 0.348 e. The maximum atomic E-state index is 11.9. The Morgan fingerprint density at radius 2 is 1.73 bits per heavy atom. The van der Waals surface area contributed by atoms with Crippen LogP contribution in [0.25, 0.3) is 0 Å². The maximum Gasteiger partial charge on any atom is 0.348 e. The Morgan fingerprint density at radius 1 is 1.09 bits per heavy atom. The molecule has 22 heavy (non-hydrogen) atoms. The summed E-state index contributed by atoms with van der Waals surface area (Å²) in [7, 11) is 4.61. The van der Waals surface area contributed by atoms with Gasteiger partial charge in [0, 0.05) is 0 Å². The molecule has 0 atom stereocenters. The van der Waals surface area contributed by atoms with Gasteiger partial charge in [-0.15, -0.1) is 11.3 Å². The molecule has 0 amide bonds. The molecular weight excluding hydrogens is 372 g/mol. The van der Waals surface area contributed by atoms with Crippen molar-refractivity contribution in [2.45, 2.75) is 6.61 Å². The van der Waals surface area contributed by atoms with Gasteiger partial charge in [0.05, 0.1) is 25.1 Å². The maximum absolute atomic E-state index is 11.9. The number of hydrogen-bond acceptors (Lipinski definition) is 6. The lowest BCUT2D eigenvalue weighted by atomic mass is 10.2. The van der Waals surface area contributed by atoms with Gasteiger partial charge in [0.15, 0.2) is 11.5 Å². The molecular formula is C15H15BrO5S. The van der Waals surface area contributed by atoms with Gasteiger partial charge in [0.25, 0.3) is 0 Å². The molecule has 0 fully saturated rings. The molecule has 0 bridgehead atoms. The third-order valence-corrected chi connectivity index (χ3v) is 4.47. The molecule has 0 N–H and O–H groups in total. The minimum absolute atomic E-state index is 0.116. The van der Waals surface area contributed by atoms with E-state index in [2.05, 4.69) is 15.9 Å². The highest BCUT2D eigenvalue weighted by atomic mass is 79.9. The summed E-state index contributed by atoms with van der Waals surface area (Å²) in [5, 5.41) is 0. The first-order valence-electron chi connectivity index (χ1n) is 6.30. The van der Waals surface area contributed by atoms with E-state index in [1.165, 1.54) is 32.7 Å². The number of thiophene rings is 1. The van der Waals surface area contributed by atoms with Crippen molar-refractivity contribution in [3.63, 3.8) is 0 Å². The minimum atomic E-state index is -0.371. The fourth-order valence-corrected chi connectivity index (χ4v) is 3.14. The second-order valence-corrected chi connectivity index (χ2v) is 6.68. The van der Waals surface area contributed by atoms with Crippen molar-refractivity contribution in [1.82, 2.24) is 0 Å². The molecule has 5 nitrogen and oxygen atoms in total. The van der Waals surface area contributed by atoms with Crippen LogP contribution in [0.2, 0.25) is 0 Å². The van der Waals surface area contributed by atoms with Gasteiger partial charge in [0.1, 0.15) is 11.5 Å². The molecule has 2 rings (SSSR count). The Kier molecular flexibility index (Phi) is 5.68. The van der Waals surface area contributed by atoms with Crippen molar-refractivity contribution in [2.75, 3.05) is 21.3 Å². The van der Waals surface area contributed by atoms with Crippen LogP contribution in [-0.2, 0) is 11.3 Å². The summed E-state index contributed by atoms with van der Waals surface area (Å²) in [5.74, 6) is 1.17. The first-order chi connectivity index (χ1) is 10.6. The molecule has 0 spiro atoms. The van der Waals surface area contributed by atoms with E-state index >= 15 is 0 Å². The zero-order valence-corrected chi connectivity index (χ0v) is 14.7.